The Kier molecular flexibility index (Phi) is 3.82. The molecule has 0 fully saturated rings. The van der Waals surface area contributed by atoms with E-state index in [-0.39, 0.29) is 6.54 Å². The van der Waals surface area contributed by atoms with Crippen LogP contribution in [-0.4, -0.2) is 12.7 Å². The second kappa shape index (κ2) is 4.72. The summed E-state index contributed by atoms with van der Waals surface area (Å²) in [6, 6.07) is 4.69. The van der Waals surface area contributed by atoms with E-state index in [1.54, 1.807) is 12.1 Å². The van der Waals surface area contributed by atoms with Gasteiger partial charge >= 0.3 is 6.18 Å². The molecule has 0 spiro atoms. The van der Waals surface area contributed by atoms with Gasteiger partial charge in [0.1, 0.15) is 0 Å². The van der Waals surface area contributed by atoms with Gasteiger partial charge in [-0.15, -0.1) is 0 Å². The number of benzene rings is 1. The lowest BCUT2D eigenvalue weighted by Crippen LogP contribution is -2.28. The van der Waals surface area contributed by atoms with Crippen molar-refractivity contribution in [2.24, 2.45) is 0 Å². The summed E-state index contributed by atoms with van der Waals surface area (Å²) in [4.78, 5) is 0. The van der Waals surface area contributed by atoms with Gasteiger partial charge in [-0.1, -0.05) is 11.6 Å². The first-order valence-corrected chi connectivity index (χ1v) is 4.57. The molecule has 0 radical (unpaired) electrons. The van der Waals surface area contributed by atoms with Crippen molar-refractivity contribution in [1.29, 1.82) is 0 Å². The molecular weight excluding hydrogens is 229 g/mol. The molecule has 0 atom stereocenters. The lowest BCUT2D eigenvalue weighted by molar-refractivity contribution is -0.125. The van der Waals surface area contributed by atoms with Crippen molar-refractivity contribution >= 4 is 17.3 Å². The van der Waals surface area contributed by atoms with Gasteiger partial charge in [0.25, 0.3) is 0 Å². The minimum atomic E-state index is -4.20. The Hall–Kier alpha value is -0.940. The van der Waals surface area contributed by atoms with Gasteiger partial charge in [0.15, 0.2) is 0 Å². The number of hydrogen-bond donors (Lipinski definition) is 2. The molecule has 0 aromatic heterocycles. The zero-order valence-corrected chi connectivity index (χ0v) is 8.49. The van der Waals surface area contributed by atoms with Gasteiger partial charge in [0.2, 0.25) is 0 Å². The van der Waals surface area contributed by atoms with Crippen molar-refractivity contribution in [3.05, 3.63) is 28.8 Å². The van der Waals surface area contributed by atoms with Crippen molar-refractivity contribution < 1.29 is 13.2 Å². The van der Waals surface area contributed by atoms with E-state index in [0.717, 1.165) is 0 Å². The van der Waals surface area contributed by atoms with Crippen LogP contribution in [0.15, 0.2) is 18.2 Å². The number of halogens is 4. The molecule has 3 N–H and O–H groups in total. The standard InChI is InChI=1S/C9H10ClF3N2/c10-7-1-6(2-8(14)3-7)4-15-5-9(11,12)13/h1-3,15H,4-5,14H2. The van der Waals surface area contributed by atoms with Crippen molar-refractivity contribution in [2.45, 2.75) is 12.7 Å². The molecule has 0 amide bonds. The van der Waals surface area contributed by atoms with Gasteiger partial charge in [0, 0.05) is 17.3 Å². The van der Waals surface area contributed by atoms with Crippen molar-refractivity contribution in [1.82, 2.24) is 5.32 Å². The second-order valence-electron chi connectivity index (χ2n) is 3.11. The zero-order valence-electron chi connectivity index (χ0n) is 7.74. The highest BCUT2D eigenvalue weighted by molar-refractivity contribution is 6.30. The summed E-state index contributed by atoms with van der Waals surface area (Å²) in [5.74, 6) is 0. The van der Waals surface area contributed by atoms with Crippen LogP contribution in [0, 0.1) is 0 Å². The predicted molar refractivity (Wildman–Crippen MR) is 53.6 cm³/mol. The average molecular weight is 239 g/mol. The maximum Gasteiger partial charge on any atom is 0.401 e. The number of nitrogens with one attached hydrogen (secondary N) is 1. The molecule has 15 heavy (non-hydrogen) atoms. The number of alkyl halides is 3. The quantitative estimate of drug-likeness (QED) is 0.795. The maximum absolute atomic E-state index is 11.8. The third-order valence-corrected chi connectivity index (χ3v) is 1.85. The van der Waals surface area contributed by atoms with E-state index in [1.807, 2.05) is 0 Å². The van der Waals surface area contributed by atoms with Gasteiger partial charge in [-0.2, -0.15) is 13.2 Å². The van der Waals surface area contributed by atoms with Crippen LogP contribution in [0.3, 0.4) is 0 Å². The van der Waals surface area contributed by atoms with E-state index in [4.69, 9.17) is 17.3 Å². The second-order valence-corrected chi connectivity index (χ2v) is 3.55. The third-order valence-electron chi connectivity index (χ3n) is 1.63. The summed E-state index contributed by atoms with van der Waals surface area (Å²) in [5, 5.41) is 2.67. The van der Waals surface area contributed by atoms with E-state index in [9.17, 15) is 13.2 Å². The molecule has 0 aliphatic rings. The van der Waals surface area contributed by atoms with Crippen LogP contribution in [0.5, 0.6) is 0 Å². The molecule has 2 nitrogen and oxygen atoms in total. The van der Waals surface area contributed by atoms with Crippen LogP contribution in [0.4, 0.5) is 18.9 Å². The van der Waals surface area contributed by atoms with E-state index >= 15 is 0 Å². The number of anilines is 1. The topological polar surface area (TPSA) is 38.0 Å². The average Bonchev–Trinajstić information content (AvgIpc) is 1.99. The monoisotopic (exact) mass is 238 g/mol. The Morgan fingerprint density at radius 1 is 1.27 bits per heavy atom. The first-order chi connectivity index (χ1) is 6.87. The molecule has 0 aliphatic heterocycles. The van der Waals surface area contributed by atoms with Gasteiger partial charge in [-0.3, -0.25) is 0 Å². The SMILES string of the molecule is Nc1cc(Cl)cc(CNCC(F)(F)F)c1. The Morgan fingerprint density at radius 3 is 2.47 bits per heavy atom. The van der Waals surface area contributed by atoms with E-state index < -0.39 is 12.7 Å². The summed E-state index contributed by atoms with van der Waals surface area (Å²) in [7, 11) is 0. The normalized spacial score (nSPS) is 11.7. The van der Waals surface area contributed by atoms with E-state index in [0.29, 0.717) is 16.3 Å². The first kappa shape index (κ1) is 12.1. The van der Waals surface area contributed by atoms with Gasteiger partial charge in [-0.05, 0) is 23.8 Å². The lowest BCUT2D eigenvalue weighted by atomic mass is 10.2. The van der Waals surface area contributed by atoms with Gasteiger partial charge < -0.3 is 11.1 Å². The molecule has 0 aliphatic carbocycles. The fourth-order valence-electron chi connectivity index (χ4n) is 1.13. The van der Waals surface area contributed by atoms with Crippen LogP contribution in [0.25, 0.3) is 0 Å². The van der Waals surface area contributed by atoms with E-state index in [2.05, 4.69) is 5.32 Å². The predicted octanol–water partition coefficient (Wildman–Crippen LogP) is 2.57. The summed E-state index contributed by atoms with van der Waals surface area (Å²) in [5.41, 5.74) is 6.55. The van der Waals surface area contributed by atoms with Crippen molar-refractivity contribution in [2.75, 3.05) is 12.3 Å². The molecule has 1 aromatic rings. The summed E-state index contributed by atoms with van der Waals surface area (Å²) >= 11 is 5.69. The number of rotatable bonds is 3. The molecule has 0 bridgehead atoms. The lowest BCUT2D eigenvalue weighted by Gasteiger charge is -2.08. The largest absolute Gasteiger partial charge is 0.401 e. The van der Waals surface area contributed by atoms with Gasteiger partial charge in [-0.25, -0.2) is 0 Å². The summed E-state index contributed by atoms with van der Waals surface area (Å²) in [6.07, 6.45) is -4.20. The third kappa shape index (κ3) is 4.90. The number of hydrogen-bond acceptors (Lipinski definition) is 2. The Morgan fingerprint density at radius 2 is 1.93 bits per heavy atom. The molecule has 1 rings (SSSR count). The number of nitrogen functional groups attached to an aromatic ring is 1. The molecule has 0 heterocycles. The fourth-order valence-corrected chi connectivity index (χ4v) is 1.39. The fraction of sp³-hybridized carbons (Fsp3) is 0.333. The van der Waals surface area contributed by atoms with E-state index in [1.165, 1.54) is 6.07 Å². The Balaban J connectivity index is 2.51. The van der Waals surface area contributed by atoms with Crippen LogP contribution < -0.4 is 11.1 Å². The molecule has 84 valence electrons. The number of nitrogens with two attached hydrogens (primary N) is 1. The Labute approximate surface area is 90.2 Å². The molecule has 0 saturated carbocycles. The first-order valence-electron chi connectivity index (χ1n) is 4.19. The minimum Gasteiger partial charge on any atom is -0.399 e. The molecule has 0 unspecified atom stereocenters. The van der Waals surface area contributed by atoms with Crippen LogP contribution in [0.1, 0.15) is 5.56 Å². The molecule has 1 aromatic carbocycles. The summed E-state index contributed by atoms with van der Waals surface area (Å²) < 4.78 is 35.4. The minimum absolute atomic E-state index is 0.0876. The molecule has 0 saturated heterocycles. The smallest absolute Gasteiger partial charge is 0.399 e. The highest BCUT2D eigenvalue weighted by Crippen LogP contribution is 2.17. The van der Waals surface area contributed by atoms with Crippen LogP contribution in [-0.2, 0) is 6.54 Å². The van der Waals surface area contributed by atoms with Crippen LogP contribution >= 0.6 is 11.6 Å². The zero-order chi connectivity index (χ0) is 11.5. The highest BCUT2D eigenvalue weighted by atomic mass is 35.5. The summed E-state index contributed by atoms with van der Waals surface area (Å²) in [6.45, 7) is -0.941. The van der Waals surface area contributed by atoms with Crippen molar-refractivity contribution in [3.8, 4) is 0 Å². The maximum atomic E-state index is 11.8. The highest BCUT2D eigenvalue weighted by Gasteiger charge is 2.25. The molecule has 6 heteroatoms. The van der Waals surface area contributed by atoms with Crippen molar-refractivity contribution in [3.63, 3.8) is 0 Å². The Bertz CT molecular complexity index is 318. The van der Waals surface area contributed by atoms with Gasteiger partial charge in [0.05, 0.1) is 6.54 Å². The van der Waals surface area contributed by atoms with Crippen LogP contribution in [0.2, 0.25) is 5.02 Å². The molecular formula is C9H10ClF3N2.